The highest BCUT2D eigenvalue weighted by Crippen LogP contribution is 2.29. The van der Waals surface area contributed by atoms with Crippen LogP contribution in [-0.4, -0.2) is 40.1 Å². The molecule has 0 radical (unpaired) electrons. The highest BCUT2D eigenvalue weighted by molar-refractivity contribution is 7.20. The normalized spacial score (nSPS) is 16.4. The zero-order valence-corrected chi connectivity index (χ0v) is 19.0. The van der Waals surface area contributed by atoms with E-state index < -0.39 is 0 Å². The zero-order chi connectivity index (χ0) is 21.9. The largest absolute Gasteiger partial charge is 0.355 e. The fourth-order valence-electron chi connectivity index (χ4n) is 4.16. The molecule has 0 spiro atoms. The molecule has 0 aliphatic carbocycles. The van der Waals surface area contributed by atoms with Crippen LogP contribution in [-0.2, 0) is 11.2 Å². The summed E-state index contributed by atoms with van der Waals surface area (Å²) < 4.78 is 1.86. The molecule has 6 nitrogen and oxygen atoms in total. The van der Waals surface area contributed by atoms with E-state index in [-0.39, 0.29) is 11.8 Å². The minimum atomic E-state index is -0.00105. The fraction of sp³-hybridized carbons (Fsp3) is 0.320. The molecule has 2 aromatic carbocycles. The van der Waals surface area contributed by atoms with E-state index >= 15 is 0 Å². The van der Waals surface area contributed by atoms with Crippen molar-refractivity contribution in [2.75, 3.05) is 24.5 Å². The highest BCUT2D eigenvalue weighted by Gasteiger charge is 2.27. The number of hydrogen-bond acceptors (Lipinski definition) is 5. The summed E-state index contributed by atoms with van der Waals surface area (Å²) in [5, 5.41) is 8.82. The number of carbonyl (C=O) groups excluding carboxylic acids is 1. The maximum Gasteiger partial charge on any atom is 0.224 e. The number of nitrogens with one attached hydrogen (secondary N) is 1. The minimum Gasteiger partial charge on any atom is -0.355 e. The van der Waals surface area contributed by atoms with Crippen molar-refractivity contribution in [2.45, 2.75) is 26.2 Å². The quantitative estimate of drug-likeness (QED) is 0.480. The van der Waals surface area contributed by atoms with Crippen molar-refractivity contribution in [3.05, 3.63) is 71.9 Å². The van der Waals surface area contributed by atoms with Crippen LogP contribution in [0, 0.1) is 12.8 Å². The van der Waals surface area contributed by atoms with Gasteiger partial charge in [0, 0.05) is 25.2 Å². The van der Waals surface area contributed by atoms with E-state index in [2.05, 4.69) is 53.5 Å². The van der Waals surface area contributed by atoms with E-state index in [1.54, 1.807) is 11.3 Å². The molecule has 3 heterocycles. The number of benzene rings is 2. The first-order chi connectivity index (χ1) is 15.7. The smallest absolute Gasteiger partial charge is 0.224 e. The summed E-state index contributed by atoms with van der Waals surface area (Å²) >= 11 is 1.59. The summed E-state index contributed by atoms with van der Waals surface area (Å²) in [6, 6.07) is 18.6. The van der Waals surface area contributed by atoms with Crippen LogP contribution in [0.3, 0.4) is 0 Å². The average molecular weight is 446 g/mol. The molecule has 0 saturated carbocycles. The lowest BCUT2D eigenvalue weighted by atomic mass is 9.97. The molecule has 1 amide bonds. The molecule has 32 heavy (non-hydrogen) atoms. The number of anilines is 1. The molecule has 164 valence electrons. The monoisotopic (exact) mass is 445 g/mol. The third-order valence-corrected chi connectivity index (χ3v) is 6.98. The van der Waals surface area contributed by atoms with E-state index in [1.807, 2.05) is 28.9 Å². The summed E-state index contributed by atoms with van der Waals surface area (Å²) in [4.78, 5) is 20.6. The summed E-state index contributed by atoms with van der Waals surface area (Å²) in [7, 11) is 0. The van der Waals surface area contributed by atoms with Crippen molar-refractivity contribution < 1.29 is 4.79 Å². The van der Waals surface area contributed by atoms with Gasteiger partial charge in [-0.3, -0.25) is 4.79 Å². The van der Waals surface area contributed by atoms with E-state index in [0.717, 1.165) is 47.2 Å². The van der Waals surface area contributed by atoms with Crippen LogP contribution in [0.15, 0.2) is 60.8 Å². The van der Waals surface area contributed by atoms with Gasteiger partial charge in [0.05, 0.1) is 17.8 Å². The topological polar surface area (TPSA) is 62.5 Å². The van der Waals surface area contributed by atoms with Crippen LogP contribution in [0.25, 0.3) is 16.2 Å². The van der Waals surface area contributed by atoms with E-state index in [0.29, 0.717) is 13.1 Å². The lowest BCUT2D eigenvalue weighted by molar-refractivity contribution is -0.125. The van der Waals surface area contributed by atoms with Gasteiger partial charge in [-0.1, -0.05) is 71.5 Å². The predicted molar refractivity (Wildman–Crippen MR) is 129 cm³/mol. The average Bonchev–Trinajstić information content (AvgIpc) is 3.40. The number of aryl methyl sites for hydroxylation is 1. The Bertz CT molecular complexity index is 1170. The lowest BCUT2D eigenvalue weighted by Gasteiger charge is -2.31. The Balaban J connectivity index is 1.21. The second-order valence-electron chi connectivity index (χ2n) is 8.42. The SMILES string of the molecule is Cc1ccc(-c2cn3nc(N4CCC[C@H](C(=O)NCCc5ccccc5)C4)sc3n2)cc1. The number of amides is 1. The van der Waals surface area contributed by atoms with Gasteiger partial charge in [0.25, 0.3) is 0 Å². The number of imidazole rings is 1. The first-order valence-electron chi connectivity index (χ1n) is 11.2. The van der Waals surface area contributed by atoms with Gasteiger partial charge in [-0.15, -0.1) is 5.10 Å². The molecule has 0 bridgehead atoms. The molecular weight excluding hydrogens is 418 g/mol. The number of aromatic nitrogens is 3. The van der Waals surface area contributed by atoms with Crippen molar-refractivity contribution in [2.24, 2.45) is 5.92 Å². The van der Waals surface area contributed by atoms with Crippen LogP contribution < -0.4 is 10.2 Å². The Morgan fingerprint density at radius 3 is 2.75 bits per heavy atom. The Labute approximate surface area is 191 Å². The molecule has 0 unspecified atom stereocenters. The molecule has 1 N–H and O–H groups in total. The molecule has 2 aromatic heterocycles. The van der Waals surface area contributed by atoms with E-state index in [9.17, 15) is 4.79 Å². The predicted octanol–water partition coefficient (Wildman–Crippen LogP) is 4.34. The van der Waals surface area contributed by atoms with Gasteiger partial charge in [-0.05, 0) is 31.7 Å². The van der Waals surface area contributed by atoms with E-state index in [4.69, 9.17) is 10.1 Å². The van der Waals surface area contributed by atoms with Gasteiger partial charge in [0.15, 0.2) is 0 Å². The van der Waals surface area contributed by atoms with Crippen molar-refractivity contribution in [3.63, 3.8) is 0 Å². The second kappa shape index (κ2) is 9.12. The van der Waals surface area contributed by atoms with Gasteiger partial charge >= 0.3 is 0 Å². The molecule has 1 saturated heterocycles. The van der Waals surface area contributed by atoms with Crippen LogP contribution >= 0.6 is 11.3 Å². The van der Waals surface area contributed by atoms with Gasteiger partial charge in [-0.2, -0.15) is 0 Å². The first-order valence-corrected chi connectivity index (χ1v) is 12.0. The third-order valence-electron chi connectivity index (χ3n) is 6.00. The van der Waals surface area contributed by atoms with Crippen LogP contribution in [0.2, 0.25) is 0 Å². The molecule has 1 aliphatic heterocycles. The maximum absolute atomic E-state index is 12.7. The molecule has 7 heteroatoms. The molecule has 1 aliphatic rings. The summed E-state index contributed by atoms with van der Waals surface area (Å²) in [6.07, 6.45) is 4.76. The Morgan fingerprint density at radius 1 is 1.16 bits per heavy atom. The van der Waals surface area contributed by atoms with Crippen molar-refractivity contribution in [1.29, 1.82) is 0 Å². The summed E-state index contributed by atoms with van der Waals surface area (Å²) in [5.74, 6) is 0.146. The summed E-state index contributed by atoms with van der Waals surface area (Å²) in [6.45, 7) is 4.39. The number of fused-ring (bicyclic) bond motifs is 1. The van der Waals surface area contributed by atoms with E-state index in [1.165, 1.54) is 11.1 Å². The van der Waals surface area contributed by atoms with Crippen molar-refractivity contribution in [3.8, 4) is 11.3 Å². The van der Waals surface area contributed by atoms with Gasteiger partial charge in [-0.25, -0.2) is 9.50 Å². The standard InChI is InChI=1S/C25H27N5OS/c1-18-9-11-20(12-10-18)22-17-30-24(27-22)32-25(28-30)29-15-5-8-21(16-29)23(31)26-14-13-19-6-3-2-4-7-19/h2-4,6-7,9-12,17,21H,5,8,13-16H2,1H3,(H,26,31)/t21-/m0/s1. The minimum absolute atomic E-state index is 0.00105. The van der Waals surface area contributed by atoms with Crippen molar-refractivity contribution >= 4 is 27.3 Å². The molecule has 1 atom stereocenters. The third kappa shape index (κ3) is 4.53. The lowest BCUT2D eigenvalue weighted by Crippen LogP contribution is -2.43. The highest BCUT2D eigenvalue weighted by atomic mass is 32.1. The molecule has 4 aromatic rings. The number of piperidine rings is 1. The molecular formula is C25H27N5OS. The number of rotatable bonds is 6. The Hall–Kier alpha value is -3.19. The second-order valence-corrected chi connectivity index (χ2v) is 9.35. The van der Waals surface area contributed by atoms with Crippen LogP contribution in [0.5, 0.6) is 0 Å². The number of nitrogens with zero attached hydrogens (tertiary/aromatic N) is 4. The number of carbonyl (C=O) groups is 1. The van der Waals surface area contributed by atoms with Gasteiger partial charge in [0.1, 0.15) is 0 Å². The Morgan fingerprint density at radius 2 is 1.97 bits per heavy atom. The molecule has 1 fully saturated rings. The number of hydrogen-bond donors (Lipinski definition) is 1. The van der Waals surface area contributed by atoms with Crippen molar-refractivity contribution in [1.82, 2.24) is 19.9 Å². The van der Waals surface area contributed by atoms with Crippen LogP contribution in [0.4, 0.5) is 5.13 Å². The van der Waals surface area contributed by atoms with Gasteiger partial charge in [0.2, 0.25) is 16.0 Å². The molecule has 5 rings (SSSR count). The first kappa shape index (κ1) is 20.7. The zero-order valence-electron chi connectivity index (χ0n) is 18.2. The maximum atomic E-state index is 12.7. The summed E-state index contributed by atoms with van der Waals surface area (Å²) in [5.41, 5.74) is 4.51. The van der Waals surface area contributed by atoms with Crippen LogP contribution in [0.1, 0.15) is 24.0 Å². The fourth-order valence-corrected chi connectivity index (χ4v) is 5.08. The Kier molecular flexibility index (Phi) is 5.90. The van der Waals surface area contributed by atoms with Gasteiger partial charge < -0.3 is 10.2 Å².